The highest BCUT2D eigenvalue weighted by Gasteiger charge is 2.14. The molecule has 48 valence electrons. The van der Waals surface area contributed by atoms with E-state index in [2.05, 4.69) is 11.6 Å². The molecule has 0 aromatic carbocycles. The minimum atomic E-state index is -3.45. The summed E-state index contributed by atoms with van der Waals surface area (Å²) in [5.41, 5.74) is 0. The first kappa shape index (κ1) is 7.75. The highest BCUT2D eigenvalue weighted by Crippen LogP contribution is 2.18. The van der Waals surface area contributed by atoms with Crippen molar-refractivity contribution in [2.75, 3.05) is 0 Å². The Bertz CT molecular complexity index is 104. The van der Waals surface area contributed by atoms with Crippen LogP contribution >= 0.6 is 11.6 Å². The van der Waals surface area contributed by atoms with Crippen LogP contribution in [0, 0.1) is 0 Å². The number of halogens is 5. The summed E-state index contributed by atoms with van der Waals surface area (Å²) in [5.74, 6) is -2.22. The SMILES string of the molecule is F/C(Cl)=C(/F)C(F)F. The maximum absolute atomic E-state index is 11.3. The molecule has 0 aliphatic rings. The van der Waals surface area contributed by atoms with Crippen molar-refractivity contribution in [1.82, 2.24) is 0 Å². The molecule has 8 heavy (non-hydrogen) atoms. The number of hydrogen-bond donors (Lipinski definition) is 0. The van der Waals surface area contributed by atoms with E-state index in [-0.39, 0.29) is 0 Å². The predicted molar refractivity (Wildman–Crippen MR) is 21.1 cm³/mol. The van der Waals surface area contributed by atoms with Crippen LogP contribution in [0.4, 0.5) is 17.6 Å². The number of alkyl halides is 2. The highest BCUT2D eigenvalue weighted by atomic mass is 35.5. The fraction of sp³-hybridized carbons (Fsp3) is 0.333. The zero-order valence-electron chi connectivity index (χ0n) is 3.47. The van der Waals surface area contributed by atoms with Crippen molar-refractivity contribution in [3.05, 3.63) is 11.1 Å². The molecule has 0 atom stereocenters. The molecule has 5 heteroatoms. The molecule has 0 amide bonds. The largest absolute Gasteiger partial charge is 0.293 e. The van der Waals surface area contributed by atoms with Gasteiger partial charge >= 0.3 is 0 Å². The Balaban J connectivity index is 4.00. The Morgan fingerprint density at radius 1 is 1.25 bits per heavy atom. The third-order valence-electron chi connectivity index (χ3n) is 0.372. The molecule has 0 heterocycles. The Kier molecular flexibility index (Phi) is 2.82. The summed E-state index contributed by atoms with van der Waals surface area (Å²) in [7, 11) is 0. The maximum Gasteiger partial charge on any atom is 0.293 e. The van der Waals surface area contributed by atoms with Crippen molar-refractivity contribution in [2.45, 2.75) is 6.43 Å². The normalized spacial score (nSPS) is 14.2. The quantitative estimate of drug-likeness (QED) is 0.502. The summed E-state index contributed by atoms with van der Waals surface area (Å²) < 4.78 is 44.3. The lowest BCUT2D eigenvalue weighted by atomic mass is 10.6. The van der Waals surface area contributed by atoms with E-state index in [9.17, 15) is 17.6 Å². The molecule has 0 aromatic heterocycles. The lowest BCUT2D eigenvalue weighted by Gasteiger charge is -1.89. The van der Waals surface area contributed by atoms with Gasteiger partial charge in [-0.05, 0) is 11.6 Å². The number of hydrogen-bond acceptors (Lipinski definition) is 0. The molecule has 0 saturated carbocycles. The van der Waals surface area contributed by atoms with Crippen molar-refractivity contribution >= 4 is 11.6 Å². The molecule has 0 radical (unpaired) electrons. The van der Waals surface area contributed by atoms with Crippen LogP contribution in [0.25, 0.3) is 0 Å². The summed E-state index contributed by atoms with van der Waals surface area (Å²) in [4.78, 5) is 0. The van der Waals surface area contributed by atoms with Crippen LogP contribution in [-0.2, 0) is 0 Å². The van der Waals surface area contributed by atoms with E-state index in [0.717, 1.165) is 0 Å². The summed E-state index contributed by atoms with van der Waals surface area (Å²) >= 11 is 4.18. The highest BCUT2D eigenvalue weighted by molar-refractivity contribution is 6.28. The third-order valence-corrected chi connectivity index (χ3v) is 0.553. The molecular formula is C3HClF4. The second kappa shape index (κ2) is 2.91. The summed E-state index contributed by atoms with van der Waals surface area (Å²) in [5, 5.41) is -1.99. The minimum absolute atomic E-state index is 1.99. The van der Waals surface area contributed by atoms with Gasteiger partial charge in [0.2, 0.25) is 11.1 Å². The molecule has 0 fully saturated rings. The molecule has 0 aliphatic carbocycles. The first-order valence-electron chi connectivity index (χ1n) is 1.54. The zero-order chi connectivity index (χ0) is 6.73. The fourth-order valence-electron chi connectivity index (χ4n) is 0.0825. The smallest absolute Gasteiger partial charge is 0.202 e. The summed E-state index contributed by atoms with van der Waals surface area (Å²) in [6.45, 7) is 0. The first-order valence-corrected chi connectivity index (χ1v) is 1.92. The van der Waals surface area contributed by atoms with Gasteiger partial charge < -0.3 is 0 Å². The van der Waals surface area contributed by atoms with E-state index in [1.54, 1.807) is 0 Å². The Morgan fingerprint density at radius 3 is 1.62 bits per heavy atom. The number of allylic oxidation sites excluding steroid dienone is 1. The van der Waals surface area contributed by atoms with Crippen LogP contribution in [0.15, 0.2) is 11.1 Å². The number of rotatable bonds is 1. The van der Waals surface area contributed by atoms with Crippen molar-refractivity contribution in [1.29, 1.82) is 0 Å². The molecule has 0 rings (SSSR count). The maximum atomic E-state index is 11.3. The topological polar surface area (TPSA) is 0 Å². The molecular weight excluding hydrogens is 147 g/mol. The van der Waals surface area contributed by atoms with Crippen molar-refractivity contribution in [3.63, 3.8) is 0 Å². The average Bonchev–Trinajstić information content (AvgIpc) is 1.64. The second-order valence-electron chi connectivity index (χ2n) is 0.909. The Labute approximate surface area is 47.7 Å². The van der Waals surface area contributed by atoms with Gasteiger partial charge in [0.25, 0.3) is 6.43 Å². The van der Waals surface area contributed by atoms with Gasteiger partial charge in [-0.1, -0.05) is 0 Å². The molecule has 0 aromatic rings. The van der Waals surface area contributed by atoms with Gasteiger partial charge in [0.1, 0.15) is 0 Å². The monoisotopic (exact) mass is 148 g/mol. The summed E-state index contributed by atoms with van der Waals surface area (Å²) in [6.07, 6.45) is -3.45. The van der Waals surface area contributed by atoms with E-state index in [1.165, 1.54) is 0 Å². The van der Waals surface area contributed by atoms with E-state index >= 15 is 0 Å². The van der Waals surface area contributed by atoms with Crippen LogP contribution in [0.1, 0.15) is 0 Å². The van der Waals surface area contributed by atoms with Gasteiger partial charge in [-0.15, -0.1) is 0 Å². The van der Waals surface area contributed by atoms with E-state index in [1.807, 2.05) is 0 Å². The van der Waals surface area contributed by atoms with E-state index in [4.69, 9.17) is 0 Å². The molecule has 0 aliphatic heterocycles. The first-order chi connectivity index (χ1) is 3.55. The van der Waals surface area contributed by atoms with Crippen LogP contribution in [0.3, 0.4) is 0 Å². The van der Waals surface area contributed by atoms with Gasteiger partial charge in [-0.2, -0.15) is 4.39 Å². The fourth-order valence-corrected chi connectivity index (χ4v) is 0.165. The second-order valence-corrected chi connectivity index (χ2v) is 1.24. The average molecular weight is 148 g/mol. The molecule has 0 bridgehead atoms. The van der Waals surface area contributed by atoms with Gasteiger partial charge in [-0.3, -0.25) is 0 Å². The van der Waals surface area contributed by atoms with Crippen LogP contribution in [-0.4, -0.2) is 6.43 Å². The van der Waals surface area contributed by atoms with E-state index < -0.39 is 17.5 Å². The standard InChI is InChI=1S/C3HClF4/c4-2(6)1(5)3(7)8/h3H/b2-1+. The lowest BCUT2D eigenvalue weighted by Crippen LogP contribution is -1.89. The summed E-state index contributed by atoms with van der Waals surface area (Å²) in [6, 6.07) is 0. The van der Waals surface area contributed by atoms with Crippen LogP contribution in [0.5, 0.6) is 0 Å². The lowest BCUT2D eigenvalue weighted by molar-refractivity contribution is 0.155. The van der Waals surface area contributed by atoms with Crippen LogP contribution in [0.2, 0.25) is 0 Å². The third kappa shape index (κ3) is 2.16. The molecule has 0 unspecified atom stereocenters. The molecule has 0 spiro atoms. The predicted octanol–water partition coefficient (Wildman–Crippen LogP) is 2.60. The molecule has 0 nitrogen and oxygen atoms in total. The van der Waals surface area contributed by atoms with Gasteiger partial charge in [0, 0.05) is 0 Å². The van der Waals surface area contributed by atoms with Gasteiger partial charge in [0.05, 0.1) is 0 Å². The molecule has 0 saturated heterocycles. The van der Waals surface area contributed by atoms with Crippen molar-refractivity contribution in [3.8, 4) is 0 Å². The van der Waals surface area contributed by atoms with E-state index in [0.29, 0.717) is 0 Å². The van der Waals surface area contributed by atoms with Crippen molar-refractivity contribution in [2.24, 2.45) is 0 Å². The zero-order valence-corrected chi connectivity index (χ0v) is 4.22. The van der Waals surface area contributed by atoms with Crippen LogP contribution < -0.4 is 0 Å². The molecule has 0 N–H and O–H groups in total. The Hall–Kier alpha value is -0.250. The van der Waals surface area contributed by atoms with Gasteiger partial charge in [-0.25, -0.2) is 13.2 Å². The van der Waals surface area contributed by atoms with Gasteiger partial charge in [0.15, 0.2) is 0 Å². The Morgan fingerprint density at radius 2 is 1.62 bits per heavy atom. The van der Waals surface area contributed by atoms with Crippen molar-refractivity contribution < 1.29 is 17.6 Å². The minimum Gasteiger partial charge on any atom is -0.202 e.